The van der Waals surface area contributed by atoms with Crippen LogP contribution in [0.4, 0.5) is 0 Å². The van der Waals surface area contributed by atoms with Gasteiger partial charge in [-0.1, -0.05) is 24.3 Å². The van der Waals surface area contributed by atoms with E-state index >= 15 is 0 Å². The molecule has 5 nitrogen and oxygen atoms in total. The van der Waals surface area contributed by atoms with E-state index in [1.807, 2.05) is 53.3 Å². The molecule has 2 N–H and O–H groups in total. The van der Waals surface area contributed by atoms with Gasteiger partial charge in [-0.15, -0.1) is 0 Å². The molecule has 0 unspecified atom stereocenters. The summed E-state index contributed by atoms with van der Waals surface area (Å²) in [4.78, 5) is 19.9. The lowest BCUT2D eigenvalue weighted by atomic mass is 10.1. The van der Waals surface area contributed by atoms with Gasteiger partial charge in [-0.05, 0) is 36.6 Å². The number of hydrogen-bond acceptors (Lipinski definition) is 2. The van der Waals surface area contributed by atoms with E-state index < -0.39 is 0 Å². The van der Waals surface area contributed by atoms with Crippen LogP contribution < -0.4 is 5.32 Å². The van der Waals surface area contributed by atoms with E-state index in [2.05, 4.69) is 27.4 Å². The molecule has 0 saturated heterocycles. The number of aryl methyl sites for hydroxylation is 1. The molecule has 4 rings (SSSR count). The molecule has 1 amide bonds. The molecular weight excluding hydrogens is 324 g/mol. The zero-order chi connectivity index (χ0) is 17.8. The second-order valence-electron chi connectivity index (χ2n) is 6.51. The van der Waals surface area contributed by atoms with Crippen LogP contribution in [0.2, 0.25) is 0 Å². The number of benzene rings is 1. The van der Waals surface area contributed by atoms with Crippen molar-refractivity contribution in [3.05, 3.63) is 72.3 Å². The largest absolute Gasteiger partial charge is 0.361 e. The smallest absolute Gasteiger partial charge is 0.220 e. The van der Waals surface area contributed by atoms with Crippen molar-refractivity contribution in [3.8, 4) is 0 Å². The van der Waals surface area contributed by atoms with Crippen LogP contribution in [0.15, 0.2) is 61.1 Å². The monoisotopic (exact) mass is 346 g/mol. The summed E-state index contributed by atoms with van der Waals surface area (Å²) in [6.45, 7) is 0.621. The Morgan fingerprint density at radius 3 is 2.92 bits per heavy atom. The fourth-order valence-corrected chi connectivity index (χ4v) is 3.30. The summed E-state index contributed by atoms with van der Waals surface area (Å²) in [5, 5.41) is 4.25. The van der Waals surface area contributed by atoms with Crippen LogP contribution in [-0.2, 0) is 17.6 Å². The second kappa shape index (κ2) is 7.44. The van der Waals surface area contributed by atoms with Crippen LogP contribution in [-0.4, -0.2) is 26.8 Å². The lowest BCUT2D eigenvalue weighted by molar-refractivity contribution is -0.121. The molecule has 4 aromatic rings. The number of aromatic nitrogens is 3. The van der Waals surface area contributed by atoms with Gasteiger partial charge in [0.1, 0.15) is 5.65 Å². The quantitative estimate of drug-likeness (QED) is 0.538. The summed E-state index contributed by atoms with van der Waals surface area (Å²) in [7, 11) is 0. The van der Waals surface area contributed by atoms with Crippen molar-refractivity contribution < 1.29 is 4.79 Å². The predicted octanol–water partition coefficient (Wildman–Crippen LogP) is 3.50. The highest BCUT2D eigenvalue weighted by Crippen LogP contribution is 2.19. The summed E-state index contributed by atoms with van der Waals surface area (Å²) >= 11 is 0. The van der Waals surface area contributed by atoms with Crippen LogP contribution in [0, 0.1) is 0 Å². The number of fused-ring (bicyclic) bond motifs is 2. The van der Waals surface area contributed by atoms with Crippen molar-refractivity contribution in [3.63, 3.8) is 0 Å². The molecule has 0 radical (unpaired) electrons. The Hall–Kier alpha value is -3.08. The Balaban J connectivity index is 1.21. The Morgan fingerprint density at radius 1 is 1.12 bits per heavy atom. The number of nitrogens with zero attached hydrogens (tertiary/aromatic N) is 2. The highest BCUT2D eigenvalue weighted by Gasteiger charge is 2.06. The van der Waals surface area contributed by atoms with Gasteiger partial charge in [0, 0.05) is 48.9 Å². The minimum Gasteiger partial charge on any atom is -0.361 e. The normalized spacial score (nSPS) is 11.2. The number of rotatable bonds is 7. The van der Waals surface area contributed by atoms with Gasteiger partial charge in [0.05, 0.1) is 5.69 Å². The minimum absolute atomic E-state index is 0.105. The number of nitrogens with one attached hydrogen (secondary N) is 2. The van der Waals surface area contributed by atoms with E-state index in [1.54, 1.807) is 0 Å². The lowest BCUT2D eigenvalue weighted by Gasteiger charge is -2.04. The predicted molar refractivity (Wildman–Crippen MR) is 103 cm³/mol. The molecule has 0 aliphatic rings. The van der Waals surface area contributed by atoms with Crippen LogP contribution in [0.3, 0.4) is 0 Å². The number of carbonyl (C=O) groups is 1. The summed E-state index contributed by atoms with van der Waals surface area (Å²) in [6.07, 6.45) is 9.09. The van der Waals surface area contributed by atoms with Crippen molar-refractivity contribution in [2.75, 3.05) is 6.54 Å². The molecule has 26 heavy (non-hydrogen) atoms. The topological polar surface area (TPSA) is 62.2 Å². The third-order valence-corrected chi connectivity index (χ3v) is 4.64. The Morgan fingerprint density at radius 2 is 2.00 bits per heavy atom. The molecular formula is C21H22N4O. The van der Waals surface area contributed by atoms with Gasteiger partial charge in [0.25, 0.3) is 0 Å². The molecule has 0 atom stereocenters. The first-order chi connectivity index (χ1) is 12.8. The molecule has 132 valence electrons. The van der Waals surface area contributed by atoms with Crippen LogP contribution in [0.25, 0.3) is 16.6 Å². The Bertz CT molecular complexity index is 998. The maximum atomic E-state index is 12.1. The Labute approximate surface area is 152 Å². The van der Waals surface area contributed by atoms with Gasteiger partial charge < -0.3 is 14.7 Å². The lowest BCUT2D eigenvalue weighted by Crippen LogP contribution is -2.25. The van der Waals surface area contributed by atoms with Gasteiger partial charge in [-0.2, -0.15) is 0 Å². The van der Waals surface area contributed by atoms with E-state index in [-0.39, 0.29) is 5.91 Å². The number of carbonyl (C=O) groups excluding carboxylic acids is 1. The number of imidazole rings is 1. The van der Waals surface area contributed by atoms with Gasteiger partial charge in [-0.3, -0.25) is 4.79 Å². The number of amides is 1. The van der Waals surface area contributed by atoms with E-state index in [0.717, 1.165) is 36.1 Å². The van der Waals surface area contributed by atoms with E-state index in [9.17, 15) is 4.79 Å². The number of aromatic amines is 1. The SMILES string of the molecule is O=C(CCCc1c[nH]c2ccccc12)NCCc1cn2ccccc2n1. The maximum Gasteiger partial charge on any atom is 0.220 e. The fraction of sp³-hybridized carbons (Fsp3) is 0.238. The minimum atomic E-state index is 0.105. The molecule has 3 aromatic heterocycles. The summed E-state index contributed by atoms with van der Waals surface area (Å²) < 4.78 is 2.00. The number of pyridine rings is 1. The molecule has 0 saturated carbocycles. The van der Waals surface area contributed by atoms with Crippen LogP contribution >= 0.6 is 0 Å². The first-order valence-electron chi connectivity index (χ1n) is 9.04. The van der Waals surface area contributed by atoms with Gasteiger partial charge >= 0.3 is 0 Å². The van der Waals surface area contributed by atoms with Crippen molar-refractivity contribution >= 4 is 22.5 Å². The summed E-state index contributed by atoms with van der Waals surface area (Å²) in [5.41, 5.74) is 4.36. The van der Waals surface area contributed by atoms with Crippen molar-refractivity contribution in [2.24, 2.45) is 0 Å². The summed E-state index contributed by atoms with van der Waals surface area (Å²) in [6, 6.07) is 14.2. The number of para-hydroxylation sites is 1. The van der Waals surface area contributed by atoms with Gasteiger partial charge in [0.2, 0.25) is 5.91 Å². The Kier molecular flexibility index (Phi) is 4.69. The third-order valence-electron chi connectivity index (χ3n) is 4.64. The molecule has 0 fully saturated rings. The third kappa shape index (κ3) is 3.61. The molecule has 0 aliphatic heterocycles. The average molecular weight is 346 g/mol. The fourth-order valence-electron chi connectivity index (χ4n) is 3.30. The maximum absolute atomic E-state index is 12.1. The average Bonchev–Trinajstić information content (AvgIpc) is 3.25. The summed E-state index contributed by atoms with van der Waals surface area (Å²) in [5.74, 6) is 0.105. The van der Waals surface area contributed by atoms with Crippen LogP contribution in [0.1, 0.15) is 24.1 Å². The molecule has 5 heteroatoms. The van der Waals surface area contributed by atoms with E-state index in [1.165, 1.54) is 10.9 Å². The number of H-pyrrole nitrogens is 1. The molecule has 0 spiro atoms. The van der Waals surface area contributed by atoms with Gasteiger partial charge in [0.15, 0.2) is 0 Å². The number of hydrogen-bond donors (Lipinski definition) is 2. The first-order valence-corrected chi connectivity index (χ1v) is 9.04. The highest BCUT2D eigenvalue weighted by molar-refractivity contribution is 5.83. The van der Waals surface area contributed by atoms with E-state index in [0.29, 0.717) is 13.0 Å². The first kappa shape index (κ1) is 16.4. The zero-order valence-corrected chi connectivity index (χ0v) is 14.6. The van der Waals surface area contributed by atoms with Crippen molar-refractivity contribution in [1.29, 1.82) is 0 Å². The molecule has 1 aromatic carbocycles. The second-order valence-corrected chi connectivity index (χ2v) is 6.51. The molecule has 0 bridgehead atoms. The van der Waals surface area contributed by atoms with Crippen molar-refractivity contribution in [2.45, 2.75) is 25.7 Å². The van der Waals surface area contributed by atoms with Gasteiger partial charge in [-0.25, -0.2) is 4.98 Å². The van der Waals surface area contributed by atoms with Crippen molar-refractivity contribution in [1.82, 2.24) is 19.7 Å². The molecule has 3 heterocycles. The highest BCUT2D eigenvalue weighted by atomic mass is 16.1. The zero-order valence-electron chi connectivity index (χ0n) is 14.6. The molecule has 0 aliphatic carbocycles. The van der Waals surface area contributed by atoms with E-state index in [4.69, 9.17) is 0 Å². The van der Waals surface area contributed by atoms with Crippen LogP contribution in [0.5, 0.6) is 0 Å². The standard InChI is InChI=1S/C21H22N4O/c26-21(10-5-6-16-14-23-19-8-2-1-7-18(16)19)22-12-11-17-15-25-13-4-3-9-20(25)24-17/h1-4,7-9,13-15,23H,5-6,10-12H2,(H,22,26).